The summed E-state index contributed by atoms with van der Waals surface area (Å²) < 4.78 is 1.79. The molecule has 0 bridgehead atoms. The third-order valence-corrected chi connectivity index (χ3v) is 4.47. The van der Waals surface area contributed by atoms with Crippen LogP contribution in [-0.2, 0) is 6.54 Å². The highest BCUT2D eigenvalue weighted by atomic mass is 16.1. The van der Waals surface area contributed by atoms with Crippen LogP contribution in [0, 0.1) is 0 Å². The summed E-state index contributed by atoms with van der Waals surface area (Å²) in [6.07, 6.45) is 11.0. The Kier molecular flexibility index (Phi) is 4.59. The number of nitrogens with one attached hydrogen (secondary N) is 1. The minimum absolute atomic E-state index is 0.144. The van der Waals surface area contributed by atoms with Crippen LogP contribution in [0.1, 0.15) is 28.8 Å². The Morgan fingerprint density at radius 1 is 1.08 bits per heavy atom. The van der Waals surface area contributed by atoms with E-state index in [1.165, 1.54) is 12.8 Å². The molecule has 1 fully saturated rings. The highest BCUT2D eigenvalue weighted by molar-refractivity contribution is 5.93. The monoisotopic (exact) mass is 348 g/mol. The lowest BCUT2D eigenvalue weighted by molar-refractivity contribution is 0.0950. The van der Waals surface area contributed by atoms with Crippen LogP contribution in [0.4, 0.5) is 5.82 Å². The number of hydrogen-bond donors (Lipinski definition) is 1. The van der Waals surface area contributed by atoms with Gasteiger partial charge in [-0.05, 0) is 42.7 Å². The molecule has 3 aromatic rings. The largest absolute Gasteiger partial charge is 0.357 e. The molecule has 132 valence electrons. The molecule has 4 heterocycles. The molecule has 1 N–H and O–H groups in total. The maximum Gasteiger partial charge on any atom is 0.253 e. The molecule has 26 heavy (non-hydrogen) atoms. The number of anilines is 1. The minimum Gasteiger partial charge on any atom is -0.357 e. The van der Waals surface area contributed by atoms with Crippen molar-refractivity contribution < 1.29 is 4.79 Å². The number of imidazole rings is 1. The average Bonchev–Trinajstić information content (AvgIpc) is 3.40. The van der Waals surface area contributed by atoms with Crippen molar-refractivity contribution in [2.24, 2.45) is 0 Å². The first-order chi connectivity index (χ1) is 12.8. The molecular weight excluding hydrogens is 328 g/mol. The average molecular weight is 348 g/mol. The molecule has 1 amide bonds. The Labute approximate surface area is 151 Å². The van der Waals surface area contributed by atoms with Crippen molar-refractivity contribution in [3.8, 4) is 5.82 Å². The van der Waals surface area contributed by atoms with E-state index in [1.54, 1.807) is 41.6 Å². The van der Waals surface area contributed by atoms with Crippen LogP contribution in [0.15, 0.2) is 55.4 Å². The number of amides is 1. The molecule has 7 nitrogen and oxygen atoms in total. The van der Waals surface area contributed by atoms with E-state index in [2.05, 4.69) is 25.2 Å². The van der Waals surface area contributed by atoms with Gasteiger partial charge in [-0.15, -0.1) is 0 Å². The van der Waals surface area contributed by atoms with E-state index in [0.717, 1.165) is 30.3 Å². The van der Waals surface area contributed by atoms with Gasteiger partial charge in [-0.1, -0.05) is 0 Å². The predicted octanol–water partition coefficient (Wildman–Crippen LogP) is 2.19. The maximum atomic E-state index is 12.4. The summed E-state index contributed by atoms with van der Waals surface area (Å²) in [6, 6.07) is 7.54. The first-order valence-corrected chi connectivity index (χ1v) is 8.72. The molecule has 7 heteroatoms. The van der Waals surface area contributed by atoms with E-state index >= 15 is 0 Å². The summed E-state index contributed by atoms with van der Waals surface area (Å²) in [5.74, 6) is 1.57. The number of nitrogens with zero attached hydrogens (tertiary/aromatic N) is 5. The van der Waals surface area contributed by atoms with Gasteiger partial charge in [0, 0.05) is 44.4 Å². The molecule has 0 saturated carbocycles. The molecule has 4 rings (SSSR count). The highest BCUT2D eigenvalue weighted by Gasteiger charge is 2.14. The van der Waals surface area contributed by atoms with Crippen LogP contribution in [0.25, 0.3) is 5.82 Å². The van der Waals surface area contributed by atoms with Gasteiger partial charge in [0.2, 0.25) is 0 Å². The number of hydrogen-bond acceptors (Lipinski definition) is 5. The molecule has 0 unspecified atom stereocenters. The quantitative estimate of drug-likeness (QED) is 0.765. The van der Waals surface area contributed by atoms with Crippen molar-refractivity contribution in [3.05, 3.63) is 66.5 Å². The van der Waals surface area contributed by atoms with Crippen LogP contribution in [0.3, 0.4) is 0 Å². The molecule has 0 aliphatic carbocycles. The zero-order valence-corrected chi connectivity index (χ0v) is 14.4. The summed E-state index contributed by atoms with van der Waals surface area (Å²) in [4.78, 5) is 27.4. The first kappa shape index (κ1) is 16.3. The van der Waals surface area contributed by atoms with Gasteiger partial charge in [-0.25, -0.2) is 15.0 Å². The Morgan fingerprint density at radius 3 is 2.69 bits per heavy atom. The summed E-state index contributed by atoms with van der Waals surface area (Å²) in [7, 11) is 0. The number of pyridine rings is 2. The van der Waals surface area contributed by atoms with E-state index in [4.69, 9.17) is 0 Å². The van der Waals surface area contributed by atoms with Gasteiger partial charge in [-0.2, -0.15) is 0 Å². The molecule has 1 saturated heterocycles. The topological polar surface area (TPSA) is 75.9 Å². The Bertz CT molecular complexity index is 869. The van der Waals surface area contributed by atoms with E-state index in [-0.39, 0.29) is 5.91 Å². The van der Waals surface area contributed by atoms with E-state index in [9.17, 15) is 4.79 Å². The Hall–Kier alpha value is -3.22. The summed E-state index contributed by atoms with van der Waals surface area (Å²) in [5, 5.41) is 2.94. The van der Waals surface area contributed by atoms with Crippen LogP contribution >= 0.6 is 0 Å². The van der Waals surface area contributed by atoms with Crippen LogP contribution in [0.2, 0.25) is 0 Å². The minimum atomic E-state index is -0.144. The van der Waals surface area contributed by atoms with Crippen LogP contribution in [0.5, 0.6) is 0 Å². The van der Waals surface area contributed by atoms with Gasteiger partial charge in [-0.3, -0.25) is 9.36 Å². The van der Waals surface area contributed by atoms with Crippen LogP contribution in [-0.4, -0.2) is 38.5 Å². The Morgan fingerprint density at radius 2 is 1.96 bits per heavy atom. The molecule has 3 aromatic heterocycles. The molecule has 0 spiro atoms. The fourth-order valence-corrected chi connectivity index (χ4v) is 3.04. The van der Waals surface area contributed by atoms with Crippen molar-refractivity contribution in [1.29, 1.82) is 0 Å². The van der Waals surface area contributed by atoms with Gasteiger partial charge in [0.15, 0.2) is 0 Å². The fourth-order valence-electron chi connectivity index (χ4n) is 3.04. The van der Waals surface area contributed by atoms with Crippen molar-refractivity contribution in [3.63, 3.8) is 0 Å². The molecule has 1 aliphatic rings. The van der Waals surface area contributed by atoms with Crippen molar-refractivity contribution in [1.82, 2.24) is 24.8 Å². The SMILES string of the molecule is O=C(NCc1ccnc(N2CCCC2)c1)c1ccc(-n2ccnc2)nc1. The maximum absolute atomic E-state index is 12.4. The van der Waals surface area contributed by atoms with Crippen molar-refractivity contribution in [2.75, 3.05) is 18.0 Å². The standard InChI is InChI=1S/C19H20N6O/c26-19(16-3-4-17(22-13-16)25-10-7-20-14-25)23-12-15-5-6-21-18(11-15)24-8-1-2-9-24/h3-7,10-11,13-14H,1-2,8-9,12H2,(H,23,26). The van der Waals surface area contributed by atoms with Gasteiger partial charge in [0.1, 0.15) is 18.0 Å². The molecule has 0 atom stereocenters. The number of carbonyl (C=O) groups is 1. The smallest absolute Gasteiger partial charge is 0.253 e. The van der Waals surface area contributed by atoms with Crippen molar-refractivity contribution in [2.45, 2.75) is 19.4 Å². The lowest BCUT2D eigenvalue weighted by Gasteiger charge is -2.17. The predicted molar refractivity (Wildman–Crippen MR) is 98.2 cm³/mol. The van der Waals surface area contributed by atoms with Gasteiger partial charge in [0.05, 0.1) is 5.56 Å². The summed E-state index contributed by atoms with van der Waals surface area (Å²) >= 11 is 0. The van der Waals surface area contributed by atoms with Crippen LogP contribution < -0.4 is 10.2 Å². The molecular formula is C19H20N6O. The summed E-state index contributed by atoms with van der Waals surface area (Å²) in [5.41, 5.74) is 1.57. The molecule has 0 radical (unpaired) electrons. The zero-order chi connectivity index (χ0) is 17.8. The lowest BCUT2D eigenvalue weighted by atomic mass is 10.2. The van der Waals surface area contributed by atoms with Gasteiger partial charge >= 0.3 is 0 Å². The number of carbonyl (C=O) groups excluding carboxylic acids is 1. The third-order valence-electron chi connectivity index (χ3n) is 4.47. The second kappa shape index (κ2) is 7.35. The van der Waals surface area contributed by atoms with E-state index < -0.39 is 0 Å². The number of aromatic nitrogens is 4. The second-order valence-electron chi connectivity index (χ2n) is 6.27. The van der Waals surface area contributed by atoms with E-state index in [1.807, 2.05) is 18.3 Å². The second-order valence-corrected chi connectivity index (χ2v) is 6.27. The van der Waals surface area contributed by atoms with Crippen molar-refractivity contribution >= 4 is 11.7 Å². The normalized spacial score (nSPS) is 13.8. The fraction of sp³-hybridized carbons (Fsp3) is 0.263. The first-order valence-electron chi connectivity index (χ1n) is 8.72. The number of rotatable bonds is 5. The molecule has 0 aromatic carbocycles. The summed E-state index contributed by atoms with van der Waals surface area (Å²) in [6.45, 7) is 2.57. The highest BCUT2D eigenvalue weighted by Crippen LogP contribution is 2.18. The lowest BCUT2D eigenvalue weighted by Crippen LogP contribution is -2.24. The third kappa shape index (κ3) is 3.56. The van der Waals surface area contributed by atoms with Gasteiger partial charge in [0.25, 0.3) is 5.91 Å². The zero-order valence-electron chi connectivity index (χ0n) is 14.4. The Balaban J connectivity index is 1.38. The molecule has 1 aliphatic heterocycles. The van der Waals surface area contributed by atoms with E-state index in [0.29, 0.717) is 12.1 Å². The van der Waals surface area contributed by atoms with Gasteiger partial charge < -0.3 is 10.2 Å².